The van der Waals surface area contributed by atoms with Gasteiger partial charge in [-0.1, -0.05) is 0 Å². The molecule has 1 amide bonds. The summed E-state index contributed by atoms with van der Waals surface area (Å²) in [7, 11) is 0. The molecule has 0 spiro atoms. The molecule has 0 radical (unpaired) electrons. The van der Waals surface area contributed by atoms with Gasteiger partial charge in [-0.2, -0.15) is 0 Å². The van der Waals surface area contributed by atoms with Crippen molar-refractivity contribution in [1.82, 2.24) is 15.2 Å². The lowest BCUT2D eigenvalue weighted by Crippen LogP contribution is -2.55. The van der Waals surface area contributed by atoms with E-state index in [0.29, 0.717) is 0 Å². The molecule has 1 aromatic heterocycles. The number of carbonyl (C=O) groups excluding carboxylic acids is 1. The molecule has 0 aliphatic carbocycles. The van der Waals surface area contributed by atoms with Gasteiger partial charge in [0.05, 0.1) is 0 Å². The lowest BCUT2D eigenvalue weighted by atomic mass is 9.96. The first-order valence-corrected chi connectivity index (χ1v) is 8.43. The van der Waals surface area contributed by atoms with Crippen LogP contribution < -0.4 is 5.32 Å². The van der Waals surface area contributed by atoms with E-state index in [1.165, 1.54) is 5.56 Å². The Kier molecular flexibility index (Phi) is 5.63. The van der Waals surface area contributed by atoms with Crippen LogP contribution in [0.1, 0.15) is 59.1 Å². The minimum atomic E-state index is -0.457. The maximum Gasteiger partial charge on any atom is 0.410 e. The molecule has 0 aromatic carbocycles. The molecule has 1 aliphatic heterocycles. The van der Waals surface area contributed by atoms with Crippen molar-refractivity contribution in [2.45, 2.75) is 71.2 Å². The number of aromatic nitrogens is 1. The third kappa shape index (κ3) is 4.93. The Morgan fingerprint density at radius 1 is 1.39 bits per heavy atom. The van der Waals surface area contributed by atoms with Crippen LogP contribution in [0.15, 0.2) is 24.5 Å². The zero-order chi connectivity index (χ0) is 17.0. The Morgan fingerprint density at radius 2 is 2.04 bits per heavy atom. The first kappa shape index (κ1) is 17.7. The summed E-state index contributed by atoms with van der Waals surface area (Å²) >= 11 is 0. The monoisotopic (exact) mass is 319 g/mol. The summed E-state index contributed by atoms with van der Waals surface area (Å²) in [4.78, 5) is 18.3. The van der Waals surface area contributed by atoms with Gasteiger partial charge in [0, 0.05) is 37.1 Å². The first-order chi connectivity index (χ1) is 10.8. The minimum Gasteiger partial charge on any atom is -0.444 e. The van der Waals surface area contributed by atoms with E-state index in [2.05, 4.69) is 24.1 Å². The van der Waals surface area contributed by atoms with Gasteiger partial charge in [0.1, 0.15) is 5.60 Å². The predicted molar refractivity (Wildman–Crippen MR) is 91.2 cm³/mol. The van der Waals surface area contributed by atoms with Crippen molar-refractivity contribution in [3.05, 3.63) is 30.1 Å². The van der Waals surface area contributed by atoms with Crippen LogP contribution in [0.4, 0.5) is 4.79 Å². The van der Waals surface area contributed by atoms with Gasteiger partial charge >= 0.3 is 6.09 Å². The lowest BCUT2D eigenvalue weighted by molar-refractivity contribution is 0.00643. The number of piperidine rings is 1. The smallest absolute Gasteiger partial charge is 0.410 e. The molecule has 23 heavy (non-hydrogen) atoms. The SMILES string of the molecule is CC(NC1CCCN(C(=O)OC(C)(C)C)C1C)c1ccncc1. The highest BCUT2D eigenvalue weighted by molar-refractivity contribution is 5.68. The zero-order valence-electron chi connectivity index (χ0n) is 14.9. The zero-order valence-corrected chi connectivity index (χ0v) is 14.9. The molecule has 128 valence electrons. The summed E-state index contributed by atoms with van der Waals surface area (Å²) in [6.07, 6.45) is 5.46. The third-order valence-electron chi connectivity index (χ3n) is 4.29. The van der Waals surface area contributed by atoms with Crippen molar-refractivity contribution in [1.29, 1.82) is 0 Å². The largest absolute Gasteiger partial charge is 0.444 e. The second kappa shape index (κ2) is 7.30. The van der Waals surface area contributed by atoms with Crippen molar-refractivity contribution in [3.8, 4) is 0 Å². The Morgan fingerprint density at radius 3 is 2.65 bits per heavy atom. The fraction of sp³-hybridized carbons (Fsp3) is 0.667. The molecule has 5 nitrogen and oxygen atoms in total. The van der Waals surface area contributed by atoms with Crippen molar-refractivity contribution >= 4 is 6.09 Å². The van der Waals surface area contributed by atoms with Gasteiger partial charge in [-0.15, -0.1) is 0 Å². The molecule has 1 saturated heterocycles. The molecule has 1 aliphatic rings. The number of hydrogen-bond acceptors (Lipinski definition) is 4. The maximum atomic E-state index is 12.4. The third-order valence-corrected chi connectivity index (χ3v) is 4.29. The maximum absolute atomic E-state index is 12.4. The van der Waals surface area contributed by atoms with Gasteiger partial charge in [0.25, 0.3) is 0 Å². The van der Waals surface area contributed by atoms with Gasteiger partial charge in [-0.05, 0) is 65.2 Å². The number of likely N-dealkylation sites (tertiary alicyclic amines) is 1. The number of ether oxygens (including phenoxy) is 1. The highest BCUT2D eigenvalue weighted by Gasteiger charge is 2.34. The van der Waals surface area contributed by atoms with Crippen molar-refractivity contribution in [2.75, 3.05) is 6.54 Å². The molecule has 1 fully saturated rings. The van der Waals surface area contributed by atoms with Crippen LogP contribution in [0.2, 0.25) is 0 Å². The molecule has 2 heterocycles. The van der Waals surface area contributed by atoms with Crippen LogP contribution in [0.5, 0.6) is 0 Å². The molecule has 1 aromatic rings. The highest BCUT2D eigenvalue weighted by Crippen LogP contribution is 2.23. The van der Waals surface area contributed by atoms with Gasteiger partial charge < -0.3 is 15.0 Å². The van der Waals surface area contributed by atoms with Crippen LogP contribution in [0.3, 0.4) is 0 Å². The van der Waals surface area contributed by atoms with E-state index in [-0.39, 0.29) is 24.2 Å². The van der Waals surface area contributed by atoms with Gasteiger partial charge in [-0.3, -0.25) is 4.98 Å². The molecule has 2 rings (SSSR count). The molecule has 1 N–H and O–H groups in total. The molecular weight excluding hydrogens is 290 g/mol. The normalized spacial score (nSPS) is 23.4. The second-order valence-corrected chi connectivity index (χ2v) is 7.33. The number of pyridine rings is 1. The Bertz CT molecular complexity index is 513. The fourth-order valence-corrected chi connectivity index (χ4v) is 3.01. The molecule has 5 heteroatoms. The summed E-state index contributed by atoms with van der Waals surface area (Å²) in [5, 5.41) is 3.66. The fourth-order valence-electron chi connectivity index (χ4n) is 3.01. The molecule has 0 bridgehead atoms. The molecule has 3 atom stereocenters. The summed E-state index contributed by atoms with van der Waals surface area (Å²) in [5.74, 6) is 0. The summed E-state index contributed by atoms with van der Waals surface area (Å²) in [6, 6.07) is 4.65. The van der Waals surface area contributed by atoms with E-state index in [4.69, 9.17) is 4.74 Å². The van der Waals surface area contributed by atoms with Gasteiger partial charge in [-0.25, -0.2) is 4.79 Å². The number of rotatable bonds is 3. The van der Waals surface area contributed by atoms with Gasteiger partial charge in [0.2, 0.25) is 0 Å². The minimum absolute atomic E-state index is 0.114. The summed E-state index contributed by atoms with van der Waals surface area (Å²) < 4.78 is 5.54. The molecular formula is C18H29N3O2. The van der Waals surface area contributed by atoms with E-state index in [1.54, 1.807) is 0 Å². The Hall–Kier alpha value is -1.62. The quantitative estimate of drug-likeness (QED) is 0.926. The Balaban J connectivity index is 1.99. The van der Waals surface area contributed by atoms with E-state index in [1.807, 2.05) is 50.2 Å². The second-order valence-electron chi connectivity index (χ2n) is 7.33. The van der Waals surface area contributed by atoms with E-state index in [9.17, 15) is 4.79 Å². The van der Waals surface area contributed by atoms with E-state index >= 15 is 0 Å². The topological polar surface area (TPSA) is 54.5 Å². The predicted octanol–water partition coefficient (Wildman–Crippen LogP) is 3.52. The summed E-state index contributed by atoms with van der Waals surface area (Å²) in [5.41, 5.74) is 0.753. The van der Waals surface area contributed by atoms with Crippen LogP contribution >= 0.6 is 0 Å². The number of nitrogens with one attached hydrogen (secondary N) is 1. The standard InChI is InChI=1S/C18H29N3O2/c1-13(15-8-10-19-11-9-15)20-16-7-6-12-21(14(16)2)17(22)23-18(3,4)5/h8-11,13-14,16,20H,6-7,12H2,1-5H3. The number of nitrogens with zero attached hydrogens (tertiary/aromatic N) is 2. The van der Waals surface area contributed by atoms with Crippen molar-refractivity contribution in [3.63, 3.8) is 0 Å². The first-order valence-electron chi connectivity index (χ1n) is 8.43. The van der Waals surface area contributed by atoms with Crippen LogP contribution in [0, 0.1) is 0 Å². The number of carbonyl (C=O) groups is 1. The number of amides is 1. The number of hydrogen-bond donors (Lipinski definition) is 1. The summed E-state index contributed by atoms with van der Waals surface area (Å²) in [6.45, 7) is 10.7. The van der Waals surface area contributed by atoms with Crippen molar-refractivity contribution < 1.29 is 9.53 Å². The van der Waals surface area contributed by atoms with E-state index in [0.717, 1.165) is 19.4 Å². The average Bonchev–Trinajstić information content (AvgIpc) is 2.48. The van der Waals surface area contributed by atoms with E-state index < -0.39 is 5.60 Å². The van der Waals surface area contributed by atoms with Gasteiger partial charge in [0.15, 0.2) is 0 Å². The molecule has 0 saturated carbocycles. The highest BCUT2D eigenvalue weighted by atomic mass is 16.6. The average molecular weight is 319 g/mol. The Labute approximate surface area is 139 Å². The van der Waals surface area contributed by atoms with Crippen LogP contribution in [-0.2, 0) is 4.74 Å². The van der Waals surface area contributed by atoms with Crippen LogP contribution in [-0.4, -0.2) is 40.2 Å². The van der Waals surface area contributed by atoms with Crippen molar-refractivity contribution in [2.24, 2.45) is 0 Å². The lowest BCUT2D eigenvalue weighted by Gasteiger charge is -2.41. The molecule has 3 unspecified atom stereocenters. The van der Waals surface area contributed by atoms with Crippen LogP contribution in [0.25, 0.3) is 0 Å².